The summed E-state index contributed by atoms with van der Waals surface area (Å²) in [6, 6.07) is 0. The van der Waals surface area contributed by atoms with Gasteiger partial charge in [0.25, 0.3) is 0 Å². The molecule has 0 amide bonds. The minimum Gasteiger partial charge on any atom is -0.512 e. The summed E-state index contributed by atoms with van der Waals surface area (Å²) in [5, 5.41) is 18.5. The second kappa shape index (κ2) is 8.11. The van der Waals surface area contributed by atoms with Crippen LogP contribution in [0.3, 0.4) is 0 Å². The molecule has 0 radical (unpaired) electrons. The van der Waals surface area contributed by atoms with Crippen LogP contribution in [0.25, 0.3) is 0 Å². The van der Waals surface area contributed by atoms with E-state index >= 15 is 0 Å². The third-order valence-electron chi connectivity index (χ3n) is 5.87. The molecule has 0 aromatic carbocycles. The van der Waals surface area contributed by atoms with Gasteiger partial charge in [-0.15, -0.1) is 0 Å². The van der Waals surface area contributed by atoms with Gasteiger partial charge in [0.2, 0.25) is 0 Å². The molecule has 8 nitrogen and oxygen atoms in total. The Morgan fingerprint density at radius 3 is 2.24 bits per heavy atom. The van der Waals surface area contributed by atoms with Crippen LogP contribution in [0.15, 0.2) is 11.3 Å². The average Bonchev–Trinajstić information content (AvgIpc) is 3.04. The van der Waals surface area contributed by atoms with Gasteiger partial charge in [-0.1, -0.05) is 20.8 Å². The summed E-state index contributed by atoms with van der Waals surface area (Å²) in [5.74, 6) is -1.95. The molecular formula is C20H35NO7Si. The maximum atomic E-state index is 12.1. The maximum Gasteiger partial charge on any atom is 0.343 e. The van der Waals surface area contributed by atoms with Gasteiger partial charge in [-0.3, -0.25) is 0 Å². The molecule has 0 saturated carbocycles. The molecule has 2 heterocycles. The number of rotatable bonds is 6. The molecule has 2 saturated heterocycles. The molecule has 9 heteroatoms. The van der Waals surface area contributed by atoms with E-state index in [9.17, 15) is 9.90 Å². The Hall–Kier alpha value is -1.26. The topological polar surface area (TPSA) is 107 Å². The van der Waals surface area contributed by atoms with E-state index in [4.69, 9.17) is 28.8 Å². The maximum absolute atomic E-state index is 12.1. The third kappa shape index (κ3) is 4.91. The normalized spacial score (nSPS) is 30.0. The van der Waals surface area contributed by atoms with Crippen molar-refractivity contribution in [1.82, 2.24) is 0 Å². The van der Waals surface area contributed by atoms with Crippen LogP contribution >= 0.6 is 0 Å². The lowest BCUT2D eigenvalue weighted by molar-refractivity contribution is -0.182. The fraction of sp³-hybridized carbons (Fsp3) is 0.800. The first-order valence-corrected chi connectivity index (χ1v) is 12.7. The molecule has 0 unspecified atom stereocenters. The van der Waals surface area contributed by atoms with Crippen molar-refractivity contribution in [2.75, 3.05) is 13.7 Å². The molecule has 0 aliphatic carbocycles. The van der Waals surface area contributed by atoms with Gasteiger partial charge in [-0.05, 0) is 38.9 Å². The first-order valence-electron chi connectivity index (χ1n) is 9.83. The number of carbonyl (C=O) groups is 1. The Kier molecular flexibility index (Phi) is 6.71. The Bertz CT molecular complexity index is 691. The number of aliphatic hydroxyl groups is 1. The summed E-state index contributed by atoms with van der Waals surface area (Å²) in [6.07, 6.45) is -2.38. The summed E-state index contributed by atoms with van der Waals surface area (Å²) in [6.45, 7) is 16.0. The standard InChI is InChI=1S/C20H35NO7Si/c1-11(22)13(18(23)24-7)14(21)16-17-15(27-20(5,6)28-17)12(26-16)10-25-29(8,9)19(2,3)4/h12,15-17,21-22H,10H2,1-9H3/b13-11-,21-14?/t12-,15-,16-,17-/m1/s1. The lowest BCUT2D eigenvalue weighted by atomic mass is 9.98. The minimum absolute atomic E-state index is 0.0399. The highest BCUT2D eigenvalue weighted by Gasteiger charge is 2.57. The van der Waals surface area contributed by atoms with Crippen molar-refractivity contribution >= 4 is 20.0 Å². The molecule has 29 heavy (non-hydrogen) atoms. The number of carbonyl (C=O) groups excluding carboxylic acids is 1. The molecule has 2 rings (SSSR count). The Morgan fingerprint density at radius 1 is 1.21 bits per heavy atom. The van der Waals surface area contributed by atoms with E-state index in [2.05, 4.69) is 33.9 Å². The average molecular weight is 430 g/mol. The van der Waals surface area contributed by atoms with E-state index in [-0.39, 0.29) is 22.1 Å². The number of ether oxygens (including phenoxy) is 4. The number of esters is 1. The molecule has 4 atom stereocenters. The minimum atomic E-state index is -2.02. The van der Waals surface area contributed by atoms with Gasteiger partial charge in [-0.25, -0.2) is 4.79 Å². The molecule has 2 aliphatic heterocycles. The number of aliphatic hydroxyl groups excluding tert-OH is 1. The highest BCUT2D eigenvalue weighted by Crippen LogP contribution is 2.42. The monoisotopic (exact) mass is 429 g/mol. The predicted molar refractivity (Wildman–Crippen MR) is 111 cm³/mol. The number of allylic oxidation sites excluding steroid dienone is 1. The van der Waals surface area contributed by atoms with Crippen molar-refractivity contribution in [2.45, 2.75) is 89.9 Å². The van der Waals surface area contributed by atoms with Crippen molar-refractivity contribution in [3.8, 4) is 0 Å². The van der Waals surface area contributed by atoms with Crippen molar-refractivity contribution in [3.63, 3.8) is 0 Å². The van der Waals surface area contributed by atoms with Crippen molar-refractivity contribution in [2.24, 2.45) is 0 Å². The van der Waals surface area contributed by atoms with Crippen molar-refractivity contribution < 1.29 is 33.3 Å². The Labute approximate surface area is 174 Å². The van der Waals surface area contributed by atoms with Crippen LogP contribution in [0.1, 0.15) is 41.5 Å². The summed E-state index contributed by atoms with van der Waals surface area (Å²) in [4.78, 5) is 12.1. The van der Waals surface area contributed by atoms with E-state index in [1.165, 1.54) is 14.0 Å². The zero-order chi connectivity index (χ0) is 22.4. The van der Waals surface area contributed by atoms with Crippen molar-refractivity contribution in [1.29, 1.82) is 5.41 Å². The first-order chi connectivity index (χ1) is 13.1. The van der Waals surface area contributed by atoms with Gasteiger partial charge in [-0.2, -0.15) is 0 Å². The fourth-order valence-electron chi connectivity index (χ4n) is 3.25. The lowest BCUT2D eigenvalue weighted by Crippen LogP contribution is -2.44. The molecule has 0 aromatic rings. The smallest absolute Gasteiger partial charge is 0.343 e. The highest BCUT2D eigenvalue weighted by molar-refractivity contribution is 6.74. The molecule has 2 fully saturated rings. The van der Waals surface area contributed by atoms with Gasteiger partial charge in [0.05, 0.1) is 19.4 Å². The summed E-state index contributed by atoms with van der Waals surface area (Å²) in [5.41, 5.74) is -0.418. The molecule has 0 spiro atoms. The van der Waals surface area contributed by atoms with Crippen LogP contribution in [0, 0.1) is 5.41 Å². The van der Waals surface area contributed by atoms with E-state index < -0.39 is 44.5 Å². The van der Waals surface area contributed by atoms with Gasteiger partial charge in [0.1, 0.15) is 35.7 Å². The first kappa shape index (κ1) is 24.0. The zero-order valence-corrected chi connectivity index (χ0v) is 19.9. The molecule has 0 bridgehead atoms. The predicted octanol–water partition coefficient (Wildman–Crippen LogP) is 3.32. The molecule has 166 valence electrons. The van der Waals surface area contributed by atoms with E-state index in [1.54, 1.807) is 13.8 Å². The van der Waals surface area contributed by atoms with Crippen LogP contribution in [-0.4, -0.2) is 69.0 Å². The van der Waals surface area contributed by atoms with Crippen LogP contribution < -0.4 is 0 Å². The largest absolute Gasteiger partial charge is 0.512 e. The second-order valence-corrected chi connectivity index (χ2v) is 14.4. The lowest BCUT2D eigenvalue weighted by Gasteiger charge is -2.37. The Balaban J connectivity index is 2.27. The highest BCUT2D eigenvalue weighted by atomic mass is 28.4. The van der Waals surface area contributed by atoms with E-state index in [0.29, 0.717) is 6.61 Å². The number of hydrogen-bond donors (Lipinski definition) is 2. The fourth-order valence-corrected chi connectivity index (χ4v) is 4.27. The zero-order valence-electron chi connectivity index (χ0n) is 18.9. The van der Waals surface area contributed by atoms with Gasteiger partial charge >= 0.3 is 5.97 Å². The third-order valence-corrected chi connectivity index (χ3v) is 10.4. The number of fused-ring (bicyclic) bond motifs is 1. The van der Waals surface area contributed by atoms with Crippen molar-refractivity contribution in [3.05, 3.63) is 11.3 Å². The molecular weight excluding hydrogens is 394 g/mol. The summed E-state index contributed by atoms with van der Waals surface area (Å²) < 4.78 is 29.2. The van der Waals surface area contributed by atoms with Crippen LogP contribution in [0.5, 0.6) is 0 Å². The SMILES string of the molecule is COC(=O)/C(C(=N)[C@H]1O[C@H](CO[Si](C)(C)C(C)(C)C)[C@H]2OC(C)(C)O[C@H]21)=C(/C)O. The second-order valence-electron chi connectivity index (χ2n) is 9.60. The molecule has 2 N–H and O–H groups in total. The van der Waals surface area contributed by atoms with Crippen LogP contribution in [-0.2, 0) is 28.2 Å². The summed E-state index contributed by atoms with van der Waals surface area (Å²) in [7, 11) is -0.819. The van der Waals surface area contributed by atoms with Gasteiger partial charge in [0, 0.05) is 0 Å². The van der Waals surface area contributed by atoms with Gasteiger partial charge in [0.15, 0.2) is 14.1 Å². The number of methoxy groups -OCH3 is 1. The van der Waals surface area contributed by atoms with E-state index in [1.807, 2.05) is 0 Å². The van der Waals surface area contributed by atoms with Crippen LogP contribution in [0.2, 0.25) is 18.1 Å². The summed E-state index contributed by atoms with van der Waals surface area (Å²) >= 11 is 0. The van der Waals surface area contributed by atoms with Crippen LogP contribution in [0.4, 0.5) is 0 Å². The van der Waals surface area contributed by atoms with E-state index in [0.717, 1.165) is 0 Å². The number of nitrogens with one attached hydrogen (secondary N) is 1. The molecule has 2 aliphatic rings. The molecule has 0 aromatic heterocycles. The Morgan fingerprint density at radius 2 is 1.76 bits per heavy atom. The quantitative estimate of drug-likeness (QED) is 0.219. The van der Waals surface area contributed by atoms with Gasteiger partial charge < -0.3 is 33.9 Å². The number of hydrogen-bond acceptors (Lipinski definition) is 8.